The van der Waals surface area contributed by atoms with Gasteiger partial charge in [-0.25, -0.2) is 0 Å². The fourth-order valence-electron chi connectivity index (χ4n) is 0.405. The number of aliphatic hydroxyl groups is 1. The molecule has 0 radical (unpaired) electrons. The van der Waals surface area contributed by atoms with E-state index in [0.717, 1.165) is 0 Å². The highest BCUT2D eigenvalue weighted by Crippen LogP contribution is 1.83. The summed E-state index contributed by atoms with van der Waals surface area (Å²) >= 11 is 0. The van der Waals surface area contributed by atoms with Crippen LogP contribution < -0.4 is 11.1 Å². The zero-order valence-corrected chi connectivity index (χ0v) is 6.50. The van der Waals surface area contributed by atoms with Crippen molar-refractivity contribution >= 4 is 11.8 Å². The highest BCUT2D eigenvalue weighted by Gasteiger charge is 2.14. The fraction of sp³-hybridized carbons (Fsp3) is 0.667. The molecule has 0 aromatic heterocycles. The third-order valence-corrected chi connectivity index (χ3v) is 1.16. The maximum atomic E-state index is 10.7. The Morgan fingerprint density at radius 2 is 1.91 bits per heavy atom. The summed E-state index contributed by atoms with van der Waals surface area (Å²) in [5, 5.41) is 10.9. The molecule has 0 bridgehead atoms. The molecule has 0 aromatic carbocycles. The van der Waals surface area contributed by atoms with Gasteiger partial charge in [-0.05, 0) is 13.8 Å². The normalized spacial score (nSPS) is 15.2. The van der Waals surface area contributed by atoms with Gasteiger partial charge in [0.05, 0.1) is 0 Å². The van der Waals surface area contributed by atoms with Gasteiger partial charge in [-0.3, -0.25) is 9.59 Å². The summed E-state index contributed by atoms with van der Waals surface area (Å²) in [6.45, 7) is 2.76. The van der Waals surface area contributed by atoms with Gasteiger partial charge in [0.2, 0.25) is 11.8 Å². The van der Waals surface area contributed by atoms with Gasteiger partial charge in [-0.2, -0.15) is 0 Å². The van der Waals surface area contributed by atoms with E-state index < -0.39 is 24.0 Å². The lowest BCUT2D eigenvalue weighted by atomic mass is 10.3. The highest BCUT2D eigenvalue weighted by molar-refractivity contribution is 5.87. The van der Waals surface area contributed by atoms with Gasteiger partial charge >= 0.3 is 0 Å². The summed E-state index contributed by atoms with van der Waals surface area (Å²) < 4.78 is 0. The molecule has 0 saturated heterocycles. The van der Waals surface area contributed by atoms with E-state index in [1.54, 1.807) is 0 Å². The van der Waals surface area contributed by atoms with Crippen molar-refractivity contribution < 1.29 is 14.7 Å². The Kier molecular flexibility index (Phi) is 3.53. The van der Waals surface area contributed by atoms with Crippen LogP contribution in [0.5, 0.6) is 0 Å². The van der Waals surface area contributed by atoms with E-state index in [0.29, 0.717) is 0 Å². The molecular formula is C6H12N2O3. The summed E-state index contributed by atoms with van der Waals surface area (Å²) in [6, 6.07) is -0.739. The summed E-state index contributed by atoms with van der Waals surface area (Å²) in [6.07, 6.45) is -1.11. The molecule has 0 unspecified atom stereocenters. The summed E-state index contributed by atoms with van der Waals surface area (Å²) in [5.74, 6) is -1.23. The minimum absolute atomic E-state index is 0.601. The second kappa shape index (κ2) is 3.92. The molecule has 0 fully saturated rings. The second-order valence-corrected chi connectivity index (χ2v) is 2.31. The Morgan fingerprint density at radius 1 is 1.45 bits per heavy atom. The molecule has 0 aromatic rings. The van der Waals surface area contributed by atoms with Crippen molar-refractivity contribution in [2.24, 2.45) is 5.73 Å². The number of carbonyl (C=O) groups excluding carboxylic acids is 2. The largest absolute Gasteiger partial charge is 0.384 e. The number of rotatable bonds is 3. The van der Waals surface area contributed by atoms with Gasteiger partial charge in [-0.15, -0.1) is 0 Å². The molecule has 0 aliphatic heterocycles. The van der Waals surface area contributed by atoms with Crippen LogP contribution in [0.3, 0.4) is 0 Å². The van der Waals surface area contributed by atoms with Crippen LogP contribution in [-0.2, 0) is 9.59 Å². The van der Waals surface area contributed by atoms with Gasteiger partial charge in [0.1, 0.15) is 12.1 Å². The van der Waals surface area contributed by atoms with Gasteiger partial charge in [0, 0.05) is 0 Å². The second-order valence-electron chi connectivity index (χ2n) is 2.31. The first kappa shape index (κ1) is 9.90. The zero-order valence-electron chi connectivity index (χ0n) is 6.50. The Bertz CT molecular complexity index is 167. The average molecular weight is 160 g/mol. The van der Waals surface area contributed by atoms with Crippen molar-refractivity contribution in [1.82, 2.24) is 5.32 Å². The first-order valence-corrected chi connectivity index (χ1v) is 3.23. The number of hydrogen-bond donors (Lipinski definition) is 3. The van der Waals surface area contributed by atoms with Crippen molar-refractivity contribution in [3.05, 3.63) is 0 Å². The molecule has 0 aliphatic carbocycles. The number of nitrogens with one attached hydrogen (secondary N) is 1. The van der Waals surface area contributed by atoms with Gasteiger partial charge in [0.15, 0.2) is 0 Å². The number of nitrogens with two attached hydrogens (primary N) is 1. The minimum Gasteiger partial charge on any atom is -0.384 e. The summed E-state index contributed by atoms with van der Waals surface area (Å²) in [7, 11) is 0. The van der Waals surface area contributed by atoms with Crippen LogP contribution in [0.25, 0.3) is 0 Å². The van der Waals surface area contributed by atoms with Crippen LogP contribution in [0.2, 0.25) is 0 Å². The lowest BCUT2D eigenvalue weighted by Gasteiger charge is -2.10. The SMILES string of the molecule is C[C@H](O)C(=O)N[C@@H](C)C(N)=O. The van der Waals surface area contributed by atoms with E-state index in [1.165, 1.54) is 13.8 Å². The van der Waals surface area contributed by atoms with E-state index in [9.17, 15) is 9.59 Å². The maximum absolute atomic E-state index is 10.7. The third-order valence-electron chi connectivity index (χ3n) is 1.16. The average Bonchev–Trinajstić information content (AvgIpc) is 1.87. The summed E-state index contributed by atoms with van der Waals surface area (Å²) in [5.41, 5.74) is 4.85. The predicted octanol–water partition coefficient (Wildman–Crippen LogP) is -1.64. The van der Waals surface area contributed by atoms with Gasteiger partial charge < -0.3 is 16.2 Å². The van der Waals surface area contributed by atoms with E-state index in [4.69, 9.17) is 10.8 Å². The molecule has 0 saturated carbocycles. The lowest BCUT2D eigenvalue weighted by molar-refractivity contribution is -0.132. The molecule has 11 heavy (non-hydrogen) atoms. The lowest BCUT2D eigenvalue weighted by Crippen LogP contribution is -2.45. The molecule has 4 N–H and O–H groups in total. The molecule has 64 valence electrons. The van der Waals surface area contributed by atoms with Crippen molar-refractivity contribution in [2.45, 2.75) is 26.0 Å². The van der Waals surface area contributed by atoms with Gasteiger partial charge in [0.25, 0.3) is 0 Å². The molecule has 0 aliphatic rings. The minimum atomic E-state index is -1.11. The Morgan fingerprint density at radius 3 is 2.18 bits per heavy atom. The molecule has 0 spiro atoms. The number of carbonyl (C=O) groups is 2. The third kappa shape index (κ3) is 3.57. The first-order valence-electron chi connectivity index (χ1n) is 3.23. The Labute approximate surface area is 64.6 Å². The maximum Gasteiger partial charge on any atom is 0.249 e. The number of hydrogen-bond acceptors (Lipinski definition) is 3. The number of primary amides is 1. The van der Waals surface area contributed by atoms with Crippen LogP contribution in [0.15, 0.2) is 0 Å². The van der Waals surface area contributed by atoms with Crippen molar-refractivity contribution in [2.75, 3.05) is 0 Å². The van der Waals surface area contributed by atoms with E-state index in [2.05, 4.69) is 5.32 Å². The quantitative estimate of drug-likeness (QED) is 0.462. The number of amides is 2. The van der Waals surface area contributed by atoms with Crippen LogP contribution in [0.1, 0.15) is 13.8 Å². The van der Waals surface area contributed by atoms with E-state index in [-0.39, 0.29) is 0 Å². The smallest absolute Gasteiger partial charge is 0.249 e. The summed E-state index contributed by atoms with van der Waals surface area (Å²) in [4.78, 5) is 21.1. The molecule has 0 rings (SSSR count). The molecule has 5 nitrogen and oxygen atoms in total. The monoisotopic (exact) mass is 160 g/mol. The standard InChI is InChI=1S/C6H12N2O3/c1-3(5(7)10)8-6(11)4(2)9/h3-4,9H,1-2H3,(H2,7,10)(H,8,11)/t3-,4-/m0/s1. The zero-order chi connectivity index (χ0) is 9.02. The molecular weight excluding hydrogens is 148 g/mol. The fourth-order valence-corrected chi connectivity index (χ4v) is 0.405. The van der Waals surface area contributed by atoms with Crippen LogP contribution in [0.4, 0.5) is 0 Å². The van der Waals surface area contributed by atoms with Crippen LogP contribution >= 0.6 is 0 Å². The van der Waals surface area contributed by atoms with Gasteiger partial charge in [-0.1, -0.05) is 0 Å². The predicted molar refractivity (Wildman–Crippen MR) is 38.5 cm³/mol. The van der Waals surface area contributed by atoms with Crippen LogP contribution in [-0.4, -0.2) is 29.1 Å². The highest BCUT2D eigenvalue weighted by atomic mass is 16.3. The molecule has 2 atom stereocenters. The molecule has 5 heteroatoms. The molecule has 0 heterocycles. The Balaban J connectivity index is 3.85. The van der Waals surface area contributed by atoms with Crippen molar-refractivity contribution in [3.63, 3.8) is 0 Å². The van der Waals surface area contributed by atoms with Crippen molar-refractivity contribution in [1.29, 1.82) is 0 Å². The van der Waals surface area contributed by atoms with Crippen molar-refractivity contribution in [3.8, 4) is 0 Å². The number of aliphatic hydroxyl groups excluding tert-OH is 1. The topological polar surface area (TPSA) is 92.4 Å². The Hall–Kier alpha value is -1.10. The molecule has 2 amide bonds. The van der Waals surface area contributed by atoms with Crippen LogP contribution in [0, 0.1) is 0 Å². The first-order chi connectivity index (χ1) is 4.95. The van der Waals surface area contributed by atoms with E-state index in [1.807, 2.05) is 0 Å². The van der Waals surface area contributed by atoms with E-state index >= 15 is 0 Å².